The van der Waals surface area contributed by atoms with Crippen molar-refractivity contribution >= 4 is 18.0 Å². The number of methoxy groups -OCH3 is 2. The van der Waals surface area contributed by atoms with Crippen molar-refractivity contribution in [1.29, 1.82) is 0 Å². The summed E-state index contributed by atoms with van der Waals surface area (Å²) in [6, 6.07) is -2.00. The molecule has 0 N–H and O–H groups in total. The summed E-state index contributed by atoms with van der Waals surface area (Å²) in [4.78, 5) is 36.5. The molecule has 0 fully saturated rings. The fraction of sp³-hybridized carbons (Fsp3) is 0.615. The van der Waals surface area contributed by atoms with Crippen molar-refractivity contribution in [1.82, 2.24) is 4.90 Å². The van der Waals surface area contributed by atoms with E-state index in [1.165, 1.54) is 26.4 Å². The van der Waals surface area contributed by atoms with Crippen LogP contribution in [0, 0.1) is 0 Å². The number of esters is 2. The molecule has 1 amide bonds. The zero-order chi connectivity index (χ0) is 15.5. The van der Waals surface area contributed by atoms with E-state index in [0.717, 1.165) is 4.90 Å². The second kappa shape index (κ2) is 5.94. The molecule has 1 rings (SSSR count). The molecule has 7 heteroatoms. The zero-order valence-electron chi connectivity index (χ0n) is 12.2. The molecule has 0 bridgehead atoms. The largest absolute Gasteiger partial charge is 0.467 e. The zero-order valence-corrected chi connectivity index (χ0v) is 12.2. The van der Waals surface area contributed by atoms with Crippen LogP contribution in [-0.2, 0) is 23.8 Å². The van der Waals surface area contributed by atoms with E-state index in [1.807, 2.05) is 0 Å². The molecule has 7 nitrogen and oxygen atoms in total. The van der Waals surface area contributed by atoms with Crippen LogP contribution < -0.4 is 0 Å². The minimum Gasteiger partial charge on any atom is -0.467 e. The van der Waals surface area contributed by atoms with Crippen LogP contribution in [-0.4, -0.2) is 54.8 Å². The fourth-order valence-corrected chi connectivity index (χ4v) is 1.74. The second-order valence-corrected chi connectivity index (χ2v) is 5.21. The molecule has 112 valence electrons. The molecular weight excluding hydrogens is 266 g/mol. The summed E-state index contributed by atoms with van der Waals surface area (Å²) in [6.07, 6.45) is 2.04. The van der Waals surface area contributed by atoms with Crippen molar-refractivity contribution < 1.29 is 28.6 Å². The van der Waals surface area contributed by atoms with Gasteiger partial charge in [0.2, 0.25) is 0 Å². The van der Waals surface area contributed by atoms with Crippen molar-refractivity contribution in [2.45, 2.75) is 38.5 Å². The first-order chi connectivity index (χ1) is 9.21. The summed E-state index contributed by atoms with van der Waals surface area (Å²) in [6.45, 7) is 5.07. The number of amides is 1. The van der Waals surface area contributed by atoms with E-state index >= 15 is 0 Å². The SMILES string of the molecule is COC(=O)[C@H]1C=C[C@H](C(=O)OC)N1C(=O)OC(C)(C)C. The number of carbonyl (C=O) groups excluding carboxylic acids is 3. The molecule has 1 aliphatic heterocycles. The topological polar surface area (TPSA) is 82.1 Å². The maximum atomic E-state index is 12.2. The Kier molecular flexibility index (Phi) is 4.75. The van der Waals surface area contributed by atoms with E-state index < -0.39 is 35.7 Å². The van der Waals surface area contributed by atoms with Gasteiger partial charge >= 0.3 is 18.0 Å². The van der Waals surface area contributed by atoms with Crippen molar-refractivity contribution in [3.63, 3.8) is 0 Å². The summed E-state index contributed by atoms with van der Waals surface area (Å²) in [7, 11) is 2.41. The van der Waals surface area contributed by atoms with Crippen LogP contribution >= 0.6 is 0 Å². The van der Waals surface area contributed by atoms with Gasteiger partial charge in [-0.25, -0.2) is 14.4 Å². The lowest BCUT2D eigenvalue weighted by molar-refractivity contribution is -0.149. The number of carbonyl (C=O) groups is 3. The van der Waals surface area contributed by atoms with Crippen LogP contribution in [0.4, 0.5) is 4.79 Å². The lowest BCUT2D eigenvalue weighted by Crippen LogP contribution is -2.50. The standard InChI is InChI=1S/C13H19NO6/c1-13(2,3)20-12(17)14-8(10(15)18-4)6-7-9(14)11(16)19-5/h6-9H,1-5H3/t8-,9-/m1/s1. The number of ether oxygens (including phenoxy) is 3. The van der Waals surface area contributed by atoms with Crippen molar-refractivity contribution in [3.05, 3.63) is 12.2 Å². The highest BCUT2D eigenvalue weighted by molar-refractivity contribution is 5.91. The van der Waals surface area contributed by atoms with Crippen LogP contribution in [0.15, 0.2) is 12.2 Å². The minimum absolute atomic E-state index is 0.654. The van der Waals surface area contributed by atoms with Crippen LogP contribution in [0.5, 0.6) is 0 Å². The van der Waals surface area contributed by atoms with Gasteiger partial charge in [0.1, 0.15) is 5.60 Å². The van der Waals surface area contributed by atoms with Gasteiger partial charge in [0.25, 0.3) is 0 Å². The predicted molar refractivity (Wildman–Crippen MR) is 68.8 cm³/mol. The summed E-state index contributed by atoms with van der Waals surface area (Å²) in [5.74, 6) is -1.31. The third-order valence-electron chi connectivity index (χ3n) is 2.56. The summed E-state index contributed by atoms with van der Waals surface area (Å²) in [5, 5.41) is 0. The Balaban J connectivity index is 3.01. The molecule has 0 aromatic carbocycles. The average Bonchev–Trinajstić information content (AvgIpc) is 2.79. The normalized spacial score (nSPS) is 21.6. The van der Waals surface area contributed by atoms with Crippen LogP contribution in [0.2, 0.25) is 0 Å². The first-order valence-corrected chi connectivity index (χ1v) is 6.06. The predicted octanol–water partition coefficient (Wildman–Crippen LogP) is 0.876. The number of hydrogen-bond donors (Lipinski definition) is 0. The van der Waals surface area contributed by atoms with Crippen LogP contribution in [0.25, 0.3) is 0 Å². The molecule has 2 atom stereocenters. The molecule has 0 unspecified atom stereocenters. The first-order valence-electron chi connectivity index (χ1n) is 6.06. The summed E-state index contributed by atoms with van der Waals surface area (Å²) < 4.78 is 14.4. The van der Waals surface area contributed by atoms with E-state index in [1.54, 1.807) is 20.8 Å². The van der Waals surface area contributed by atoms with Crippen molar-refractivity contribution in [2.75, 3.05) is 14.2 Å². The number of hydrogen-bond acceptors (Lipinski definition) is 6. The van der Waals surface area contributed by atoms with Gasteiger partial charge in [-0.15, -0.1) is 0 Å². The van der Waals surface area contributed by atoms with Gasteiger partial charge in [0.15, 0.2) is 12.1 Å². The molecule has 0 aromatic heterocycles. The maximum Gasteiger partial charge on any atom is 0.412 e. The van der Waals surface area contributed by atoms with Gasteiger partial charge in [0, 0.05) is 0 Å². The van der Waals surface area contributed by atoms with Gasteiger partial charge in [-0.05, 0) is 20.8 Å². The Morgan fingerprint density at radius 1 is 0.950 bits per heavy atom. The van der Waals surface area contributed by atoms with Crippen molar-refractivity contribution in [3.8, 4) is 0 Å². The van der Waals surface area contributed by atoms with Gasteiger partial charge in [-0.3, -0.25) is 4.90 Å². The fourth-order valence-electron chi connectivity index (χ4n) is 1.74. The Morgan fingerprint density at radius 3 is 1.65 bits per heavy atom. The first kappa shape index (κ1) is 16.0. The quantitative estimate of drug-likeness (QED) is 0.425. The molecule has 20 heavy (non-hydrogen) atoms. The van der Waals surface area contributed by atoms with E-state index in [9.17, 15) is 14.4 Å². The Bertz CT molecular complexity index is 411. The molecule has 0 saturated heterocycles. The summed E-state index contributed by atoms with van der Waals surface area (Å²) in [5.41, 5.74) is -0.749. The highest BCUT2D eigenvalue weighted by atomic mass is 16.6. The van der Waals surface area contributed by atoms with Gasteiger partial charge in [0.05, 0.1) is 14.2 Å². The lowest BCUT2D eigenvalue weighted by atomic mass is 10.2. The van der Waals surface area contributed by atoms with E-state index in [2.05, 4.69) is 9.47 Å². The molecule has 0 aromatic rings. The van der Waals surface area contributed by atoms with Gasteiger partial charge < -0.3 is 14.2 Å². The average molecular weight is 285 g/mol. The van der Waals surface area contributed by atoms with Crippen molar-refractivity contribution in [2.24, 2.45) is 0 Å². The van der Waals surface area contributed by atoms with E-state index in [-0.39, 0.29) is 0 Å². The molecular formula is C13H19NO6. The van der Waals surface area contributed by atoms with Crippen LogP contribution in [0.3, 0.4) is 0 Å². The Labute approximate surface area is 117 Å². The molecule has 0 spiro atoms. The maximum absolute atomic E-state index is 12.2. The molecule has 1 aliphatic rings. The van der Waals surface area contributed by atoms with E-state index in [0.29, 0.717) is 0 Å². The third-order valence-corrected chi connectivity index (χ3v) is 2.56. The molecule has 1 heterocycles. The lowest BCUT2D eigenvalue weighted by Gasteiger charge is -2.30. The highest BCUT2D eigenvalue weighted by Gasteiger charge is 2.43. The molecule has 0 saturated carbocycles. The van der Waals surface area contributed by atoms with Gasteiger partial charge in [-0.1, -0.05) is 12.2 Å². The van der Waals surface area contributed by atoms with E-state index in [4.69, 9.17) is 4.74 Å². The number of nitrogens with zero attached hydrogens (tertiary/aromatic N) is 1. The monoisotopic (exact) mass is 285 g/mol. The smallest absolute Gasteiger partial charge is 0.412 e. The molecule has 0 radical (unpaired) electrons. The van der Waals surface area contributed by atoms with Crippen LogP contribution in [0.1, 0.15) is 20.8 Å². The minimum atomic E-state index is -1.00. The highest BCUT2D eigenvalue weighted by Crippen LogP contribution is 2.22. The Morgan fingerprint density at radius 2 is 1.35 bits per heavy atom. The Hall–Kier alpha value is -2.05. The third kappa shape index (κ3) is 3.49. The second-order valence-electron chi connectivity index (χ2n) is 5.21. The van der Waals surface area contributed by atoms with Gasteiger partial charge in [-0.2, -0.15) is 0 Å². The molecule has 0 aliphatic carbocycles. The summed E-state index contributed by atoms with van der Waals surface area (Å²) >= 11 is 0. The number of rotatable bonds is 2.